The van der Waals surface area contributed by atoms with Crippen molar-refractivity contribution in [2.75, 3.05) is 13.7 Å². The van der Waals surface area contributed by atoms with Crippen LogP contribution >= 0.6 is 0 Å². The fraction of sp³-hybridized carbons (Fsp3) is 0.462. The molecule has 1 aromatic carbocycles. The van der Waals surface area contributed by atoms with Crippen LogP contribution in [0.2, 0.25) is 0 Å². The minimum absolute atomic E-state index is 0.0941. The number of rotatable bonds is 5. The number of hydrogen-bond donors (Lipinski definition) is 1. The first kappa shape index (κ1) is 11.1. The van der Waals surface area contributed by atoms with E-state index < -0.39 is 5.97 Å². The molecular formula is C13H16O3. The van der Waals surface area contributed by atoms with Crippen molar-refractivity contribution in [3.8, 4) is 0 Å². The molecule has 3 heteroatoms. The Morgan fingerprint density at radius 2 is 2.25 bits per heavy atom. The summed E-state index contributed by atoms with van der Waals surface area (Å²) in [6, 6.07) is 7.86. The maximum atomic E-state index is 10.6. The molecule has 0 bridgehead atoms. The molecule has 0 amide bonds. The summed E-state index contributed by atoms with van der Waals surface area (Å²) in [5.74, 6) is -0.784. The van der Waals surface area contributed by atoms with Gasteiger partial charge in [0.05, 0.1) is 13.0 Å². The Labute approximate surface area is 95.0 Å². The lowest BCUT2D eigenvalue weighted by Gasteiger charge is -2.15. The molecule has 0 atom stereocenters. The Kier molecular flexibility index (Phi) is 2.97. The summed E-state index contributed by atoms with van der Waals surface area (Å²) in [5, 5.41) is 8.75. The molecule has 1 saturated carbocycles. The molecule has 1 aliphatic carbocycles. The Balaban J connectivity index is 2.19. The van der Waals surface area contributed by atoms with Crippen molar-refractivity contribution in [2.24, 2.45) is 0 Å². The van der Waals surface area contributed by atoms with Gasteiger partial charge in [-0.15, -0.1) is 0 Å². The lowest BCUT2D eigenvalue weighted by molar-refractivity contribution is -0.136. The van der Waals surface area contributed by atoms with Crippen molar-refractivity contribution in [2.45, 2.75) is 24.7 Å². The van der Waals surface area contributed by atoms with Crippen molar-refractivity contribution in [3.63, 3.8) is 0 Å². The van der Waals surface area contributed by atoms with Crippen molar-refractivity contribution in [1.29, 1.82) is 0 Å². The largest absolute Gasteiger partial charge is 0.481 e. The van der Waals surface area contributed by atoms with Crippen LogP contribution in [-0.2, 0) is 21.4 Å². The first-order valence-corrected chi connectivity index (χ1v) is 5.46. The summed E-state index contributed by atoms with van der Waals surface area (Å²) in [6.07, 6.45) is 2.37. The number of ether oxygens (including phenoxy) is 1. The first-order valence-electron chi connectivity index (χ1n) is 5.46. The molecule has 2 rings (SSSR count). The predicted molar refractivity (Wildman–Crippen MR) is 60.6 cm³/mol. The summed E-state index contributed by atoms with van der Waals surface area (Å²) >= 11 is 0. The Morgan fingerprint density at radius 1 is 1.50 bits per heavy atom. The van der Waals surface area contributed by atoms with Gasteiger partial charge in [-0.2, -0.15) is 0 Å². The third-order valence-corrected chi connectivity index (χ3v) is 3.17. The number of aliphatic carboxylic acids is 1. The fourth-order valence-corrected chi connectivity index (χ4v) is 2.13. The zero-order chi connectivity index (χ0) is 11.6. The van der Waals surface area contributed by atoms with Crippen LogP contribution in [-0.4, -0.2) is 24.8 Å². The highest BCUT2D eigenvalue weighted by Crippen LogP contribution is 2.48. The second-order valence-corrected chi connectivity index (χ2v) is 4.48. The predicted octanol–water partition coefficient (Wildman–Crippen LogP) is 1.99. The average molecular weight is 220 g/mol. The monoisotopic (exact) mass is 220 g/mol. The van der Waals surface area contributed by atoms with Gasteiger partial charge < -0.3 is 9.84 Å². The highest BCUT2D eigenvalue weighted by atomic mass is 16.5. The number of hydrogen-bond acceptors (Lipinski definition) is 2. The van der Waals surface area contributed by atoms with E-state index in [0.29, 0.717) is 0 Å². The molecule has 0 radical (unpaired) electrons. The summed E-state index contributed by atoms with van der Waals surface area (Å²) in [6.45, 7) is 0.726. The standard InChI is InChI=1S/C13H16O3/c1-16-9-13(5-6-13)11-4-2-3-10(7-11)8-12(14)15/h2-4,7H,5-6,8-9H2,1H3,(H,14,15). The summed E-state index contributed by atoms with van der Waals surface area (Å²) in [4.78, 5) is 10.6. The van der Waals surface area contributed by atoms with Gasteiger partial charge in [-0.25, -0.2) is 0 Å². The van der Waals surface area contributed by atoms with Gasteiger partial charge in [0, 0.05) is 12.5 Å². The molecule has 0 spiro atoms. The Bertz CT molecular complexity index is 394. The molecule has 0 aliphatic heterocycles. The number of carboxylic acids is 1. The maximum Gasteiger partial charge on any atom is 0.307 e. The van der Waals surface area contributed by atoms with Gasteiger partial charge in [-0.1, -0.05) is 24.3 Å². The molecule has 0 saturated heterocycles. The fourth-order valence-electron chi connectivity index (χ4n) is 2.13. The molecule has 0 unspecified atom stereocenters. The van der Waals surface area contributed by atoms with Gasteiger partial charge in [0.2, 0.25) is 0 Å². The maximum absolute atomic E-state index is 10.6. The quantitative estimate of drug-likeness (QED) is 0.825. The number of carbonyl (C=O) groups is 1. The van der Waals surface area contributed by atoms with Gasteiger partial charge in [0.15, 0.2) is 0 Å². The van der Waals surface area contributed by atoms with E-state index in [1.54, 1.807) is 7.11 Å². The normalized spacial score (nSPS) is 17.1. The van der Waals surface area contributed by atoms with E-state index in [-0.39, 0.29) is 11.8 Å². The SMILES string of the molecule is COCC1(c2cccc(CC(=O)O)c2)CC1. The van der Waals surface area contributed by atoms with E-state index >= 15 is 0 Å². The van der Waals surface area contributed by atoms with Crippen LogP contribution in [0.4, 0.5) is 0 Å². The Morgan fingerprint density at radius 3 is 2.81 bits per heavy atom. The zero-order valence-electron chi connectivity index (χ0n) is 9.40. The molecule has 16 heavy (non-hydrogen) atoms. The van der Waals surface area contributed by atoms with Crippen LogP contribution in [0.1, 0.15) is 24.0 Å². The third kappa shape index (κ3) is 2.25. The molecule has 0 heterocycles. The summed E-state index contributed by atoms with van der Waals surface area (Å²) in [7, 11) is 1.71. The van der Waals surface area contributed by atoms with E-state index in [9.17, 15) is 4.79 Å². The first-order chi connectivity index (χ1) is 7.66. The average Bonchev–Trinajstić information content (AvgIpc) is 2.99. The number of carboxylic acid groups (broad SMARTS) is 1. The molecule has 1 N–H and O–H groups in total. The van der Waals surface area contributed by atoms with Gasteiger partial charge in [0.1, 0.15) is 0 Å². The van der Waals surface area contributed by atoms with Crippen molar-refractivity contribution in [1.82, 2.24) is 0 Å². The van der Waals surface area contributed by atoms with Crippen LogP contribution in [0, 0.1) is 0 Å². The molecule has 86 valence electrons. The van der Waals surface area contributed by atoms with E-state index in [0.717, 1.165) is 25.0 Å². The molecular weight excluding hydrogens is 204 g/mol. The smallest absolute Gasteiger partial charge is 0.307 e. The lowest BCUT2D eigenvalue weighted by Crippen LogP contribution is -2.14. The Hall–Kier alpha value is -1.35. The zero-order valence-corrected chi connectivity index (χ0v) is 9.40. The minimum atomic E-state index is -0.784. The number of benzene rings is 1. The van der Waals surface area contributed by atoms with Gasteiger partial charge in [0.25, 0.3) is 0 Å². The van der Waals surface area contributed by atoms with Crippen LogP contribution in [0.25, 0.3) is 0 Å². The topological polar surface area (TPSA) is 46.5 Å². The van der Waals surface area contributed by atoms with E-state index in [2.05, 4.69) is 6.07 Å². The highest BCUT2D eigenvalue weighted by molar-refractivity contribution is 5.70. The van der Waals surface area contributed by atoms with Gasteiger partial charge >= 0.3 is 5.97 Å². The second kappa shape index (κ2) is 4.26. The molecule has 1 aliphatic rings. The second-order valence-electron chi connectivity index (χ2n) is 4.48. The third-order valence-electron chi connectivity index (χ3n) is 3.17. The van der Waals surface area contributed by atoms with Gasteiger partial charge in [-0.05, 0) is 24.0 Å². The van der Waals surface area contributed by atoms with Crippen LogP contribution in [0.15, 0.2) is 24.3 Å². The minimum Gasteiger partial charge on any atom is -0.481 e. The highest BCUT2D eigenvalue weighted by Gasteiger charge is 2.44. The van der Waals surface area contributed by atoms with Crippen LogP contribution in [0.3, 0.4) is 0 Å². The van der Waals surface area contributed by atoms with Crippen LogP contribution in [0.5, 0.6) is 0 Å². The molecule has 1 fully saturated rings. The molecule has 1 aromatic rings. The summed E-state index contributed by atoms with van der Waals surface area (Å²) < 4.78 is 5.23. The van der Waals surface area contributed by atoms with E-state index in [1.807, 2.05) is 18.2 Å². The van der Waals surface area contributed by atoms with Crippen molar-refractivity contribution < 1.29 is 14.6 Å². The van der Waals surface area contributed by atoms with Crippen LogP contribution < -0.4 is 0 Å². The van der Waals surface area contributed by atoms with E-state index in [4.69, 9.17) is 9.84 Å². The van der Waals surface area contributed by atoms with Crippen molar-refractivity contribution >= 4 is 5.97 Å². The van der Waals surface area contributed by atoms with E-state index in [1.165, 1.54) is 5.56 Å². The summed E-state index contributed by atoms with van der Waals surface area (Å²) in [5.41, 5.74) is 2.24. The van der Waals surface area contributed by atoms with Gasteiger partial charge in [-0.3, -0.25) is 4.79 Å². The lowest BCUT2D eigenvalue weighted by atomic mass is 9.94. The molecule has 3 nitrogen and oxygen atoms in total. The number of methoxy groups -OCH3 is 1. The van der Waals surface area contributed by atoms with Crippen molar-refractivity contribution in [3.05, 3.63) is 35.4 Å². The molecule has 0 aromatic heterocycles.